The molecule has 0 radical (unpaired) electrons. The van der Waals surface area contributed by atoms with Crippen molar-refractivity contribution in [1.29, 1.82) is 0 Å². The fraction of sp³-hybridized carbons (Fsp3) is 0.250. The van der Waals surface area contributed by atoms with Crippen molar-refractivity contribution in [2.24, 2.45) is 0 Å². The molecule has 0 heterocycles. The van der Waals surface area contributed by atoms with Crippen molar-refractivity contribution in [2.75, 3.05) is 7.11 Å². The first-order valence-electron chi connectivity index (χ1n) is 3.86. The summed E-state index contributed by atoms with van der Waals surface area (Å²) in [4.78, 5) is -0.585. The first-order chi connectivity index (χ1) is 7.33. The van der Waals surface area contributed by atoms with Gasteiger partial charge >= 0.3 is 6.36 Å². The van der Waals surface area contributed by atoms with Gasteiger partial charge in [0.25, 0.3) is 0 Å². The Morgan fingerprint density at radius 2 is 2.00 bits per heavy atom. The second-order valence-corrected chi connectivity index (χ2v) is 3.50. The molecule has 8 heteroatoms. The van der Waals surface area contributed by atoms with Crippen molar-refractivity contribution in [2.45, 2.75) is 11.3 Å². The molecule has 0 saturated heterocycles. The largest absolute Gasteiger partial charge is 0.768 e. The Morgan fingerprint density at radius 3 is 2.44 bits per heavy atom. The highest BCUT2D eigenvalue weighted by Gasteiger charge is 2.32. The van der Waals surface area contributed by atoms with E-state index in [1.807, 2.05) is 0 Å². The standard InChI is InChI=1S/C8H7F3O4S/c1-14-5-2-3-7(16(12)13)6(4-5)15-8(9,10)11/h2-4H,1H3,(H,12,13)/p-1. The molecule has 0 aliphatic rings. The van der Waals surface area contributed by atoms with Gasteiger partial charge in [-0.25, -0.2) is 0 Å². The zero-order valence-electron chi connectivity index (χ0n) is 7.91. The number of alkyl halides is 3. The topological polar surface area (TPSA) is 58.6 Å². The molecule has 1 aromatic carbocycles. The van der Waals surface area contributed by atoms with Crippen LogP contribution in [0.4, 0.5) is 13.2 Å². The third-order valence-corrected chi connectivity index (χ3v) is 2.25. The molecule has 1 unspecified atom stereocenters. The number of methoxy groups -OCH3 is 1. The summed E-state index contributed by atoms with van der Waals surface area (Å²) < 4.78 is 65.3. The van der Waals surface area contributed by atoms with E-state index >= 15 is 0 Å². The molecule has 0 amide bonds. The van der Waals surface area contributed by atoms with E-state index in [1.165, 1.54) is 13.2 Å². The van der Waals surface area contributed by atoms with Gasteiger partial charge in [-0.15, -0.1) is 13.2 Å². The van der Waals surface area contributed by atoms with Crippen LogP contribution in [-0.4, -0.2) is 22.2 Å². The lowest BCUT2D eigenvalue weighted by atomic mass is 10.3. The van der Waals surface area contributed by atoms with E-state index < -0.39 is 28.1 Å². The van der Waals surface area contributed by atoms with E-state index in [-0.39, 0.29) is 5.75 Å². The summed E-state index contributed by atoms with van der Waals surface area (Å²) in [5.41, 5.74) is 0. The molecule has 0 bridgehead atoms. The summed E-state index contributed by atoms with van der Waals surface area (Å²) in [6, 6.07) is 3.02. The van der Waals surface area contributed by atoms with Gasteiger partial charge in [-0.2, -0.15) is 0 Å². The smallest absolute Gasteiger partial charge is 0.573 e. The first kappa shape index (κ1) is 12.8. The summed E-state index contributed by atoms with van der Waals surface area (Å²) in [6.07, 6.45) is -4.96. The van der Waals surface area contributed by atoms with Gasteiger partial charge in [0.2, 0.25) is 0 Å². The van der Waals surface area contributed by atoms with Crippen LogP contribution in [0.1, 0.15) is 0 Å². The lowest BCUT2D eigenvalue weighted by molar-refractivity contribution is -0.275. The maximum absolute atomic E-state index is 12.0. The normalized spacial score (nSPS) is 13.3. The molecule has 1 aromatic rings. The zero-order valence-corrected chi connectivity index (χ0v) is 8.72. The van der Waals surface area contributed by atoms with Crippen LogP contribution >= 0.6 is 0 Å². The molecule has 0 fully saturated rings. The molecule has 16 heavy (non-hydrogen) atoms. The van der Waals surface area contributed by atoms with Crippen molar-refractivity contribution < 1.29 is 31.4 Å². The van der Waals surface area contributed by atoms with Crippen LogP contribution < -0.4 is 9.47 Å². The molecule has 0 aromatic heterocycles. The highest BCUT2D eigenvalue weighted by atomic mass is 32.2. The quantitative estimate of drug-likeness (QED) is 0.773. The van der Waals surface area contributed by atoms with Gasteiger partial charge in [-0.1, -0.05) is 0 Å². The van der Waals surface area contributed by atoms with Crippen molar-refractivity contribution in [3.8, 4) is 11.5 Å². The van der Waals surface area contributed by atoms with E-state index in [4.69, 9.17) is 0 Å². The van der Waals surface area contributed by atoms with Crippen molar-refractivity contribution in [3.63, 3.8) is 0 Å². The maximum atomic E-state index is 12.0. The van der Waals surface area contributed by atoms with Gasteiger partial charge in [0.1, 0.15) is 11.5 Å². The predicted molar refractivity (Wildman–Crippen MR) is 46.9 cm³/mol. The number of rotatable bonds is 3. The fourth-order valence-corrected chi connectivity index (χ4v) is 1.40. The molecule has 0 aliphatic carbocycles. The summed E-state index contributed by atoms with van der Waals surface area (Å²) in [5, 5.41) is 0. The SMILES string of the molecule is COc1ccc(S(=O)[O-])c(OC(F)(F)F)c1. The molecule has 0 N–H and O–H groups in total. The van der Waals surface area contributed by atoms with Crippen LogP contribution in [-0.2, 0) is 11.1 Å². The van der Waals surface area contributed by atoms with Gasteiger partial charge in [-0.05, 0) is 23.2 Å². The Hall–Kier alpha value is -1.28. The highest BCUT2D eigenvalue weighted by Crippen LogP contribution is 2.31. The average molecular weight is 255 g/mol. The van der Waals surface area contributed by atoms with Crippen molar-refractivity contribution >= 4 is 11.1 Å². The van der Waals surface area contributed by atoms with E-state index in [9.17, 15) is 21.9 Å². The summed E-state index contributed by atoms with van der Waals surface area (Å²) >= 11 is -2.82. The lowest BCUT2D eigenvalue weighted by Crippen LogP contribution is -2.18. The molecule has 1 rings (SSSR count). The van der Waals surface area contributed by atoms with Crippen molar-refractivity contribution in [3.05, 3.63) is 18.2 Å². The van der Waals surface area contributed by atoms with Crippen LogP contribution in [0, 0.1) is 0 Å². The minimum absolute atomic E-state index is 0.0634. The average Bonchev–Trinajstić information content (AvgIpc) is 2.14. The van der Waals surface area contributed by atoms with Gasteiger partial charge in [0, 0.05) is 6.07 Å². The number of hydrogen-bond donors (Lipinski definition) is 0. The van der Waals surface area contributed by atoms with Crippen molar-refractivity contribution in [1.82, 2.24) is 0 Å². The predicted octanol–water partition coefficient (Wildman–Crippen LogP) is 1.83. The van der Waals surface area contributed by atoms with Crippen LogP contribution in [0.3, 0.4) is 0 Å². The van der Waals surface area contributed by atoms with Crippen LogP contribution in [0.2, 0.25) is 0 Å². The Bertz CT molecular complexity index is 405. The second kappa shape index (κ2) is 4.71. The third kappa shape index (κ3) is 3.38. The lowest BCUT2D eigenvalue weighted by Gasteiger charge is -2.15. The minimum Gasteiger partial charge on any atom is -0.768 e. The molecule has 0 aliphatic heterocycles. The van der Waals surface area contributed by atoms with E-state index in [2.05, 4.69) is 9.47 Å². The van der Waals surface area contributed by atoms with Gasteiger partial charge < -0.3 is 14.0 Å². The molecular weight excluding hydrogens is 249 g/mol. The summed E-state index contributed by atoms with van der Waals surface area (Å²) in [5.74, 6) is -0.756. The molecule has 0 saturated carbocycles. The Labute approximate surface area is 91.3 Å². The van der Waals surface area contributed by atoms with Crippen LogP contribution in [0.5, 0.6) is 11.5 Å². The fourth-order valence-electron chi connectivity index (χ4n) is 0.957. The molecule has 0 spiro atoms. The van der Waals surface area contributed by atoms with E-state index in [0.29, 0.717) is 0 Å². The number of benzene rings is 1. The molecule has 90 valence electrons. The van der Waals surface area contributed by atoms with Gasteiger partial charge in [-0.3, -0.25) is 4.21 Å². The van der Waals surface area contributed by atoms with E-state index in [0.717, 1.165) is 12.1 Å². The molecule has 1 atom stereocenters. The number of ether oxygens (including phenoxy) is 2. The number of halogens is 3. The molecule has 4 nitrogen and oxygen atoms in total. The van der Waals surface area contributed by atoms with Crippen LogP contribution in [0.15, 0.2) is 23.1 Å². The monoisotopic (exact) mass is 255 g/mol. The summed E-state index contributed by atoms with van der Waals surface area (Å²) in [7, 11) is 1.24. The van der Waals surface area contributed by atoms with E-state index in [1.54, 1.807) is 0 Å². The zero-order chi connectivity index (χ0) is 12.3. The Morgan fingerprint density at radius 1 is 1.38 bits per heavy atom. The maximum Gasteiger partial charge on any atom is 0.573 e. The van der Waals surface area contributed by atoms with Gasteiger partial charge in [0.05, 0.1) is 12.0 Å². The number of hydrogen-bond acceptors (Lipinski definition) is 4. The first-order valence-corrected chi connectivity index (χ1v) is 4.94. The van der Waals surface area contributed by atoms with Gasteiger partial charge in [0.15, 0.2) is 0 Å². The Balaban J connectivity index is 3.15. The minimum atomic E-state index is -4.96. The van der Waals surface area contributed by atoms with Crippen LogP contribution in [0.25, 0.3) is 0 Å². The Kier molecular flexibility index (Phi) is 3.76. The highest BCUT2D eigenvalue weighted by molar-refractivity contribution is 7.79. The molecular formula is C8H6F3O4S-. The third-order valence-electron chi connectivity index (χ3n) is 1.56. The second-order valence-electron chi connectivity index (χ2n) is 2.60. The summed E-state index contributed by atoms with van der Waals surface area (Å²) in [6.45, 7) is 0.